The number of aryl methyl sites for hydroxylation is 2. The molecule has 122 valence electrons. The maximum absolute atomic E-state index is 12.5. The molecule has 7 heteroatoms. The lowest BCUT2D eigenvalue weighted by Crippen LogP contribution is -2.40. The number of rotatable bonds is 5. The van der Waals surface area contributed by atoms with Gasteiger partial charge < -0.3 is 19.2 Å². The summed E-state index contributed by atoms with van der Waals surface area (Å²) in [5, 5.41) is 11.3. The fourth-order valence-corrected chi connectivity index (χ4v) is 3.09. The van der Waals surface area contributed by atoms with E-state index in [1.165, 1.54) is 0 Å². The molecule has 0 spiro atoms. The van der Waals surface area contributed by atoms with Crippen LogP contribution in [0.15, 0.2) is 16.5 Å². The van der Waals surface area contributed by atoms with Crippen molar-refractivity contribution in [1.82, 2.24) is 25.0 Å². The van der Waals surface area contributed by atoms with Gasteiger partial charge in [-0.25, -0.2) is 4.79 Å². The van der Waals surface area contributed by atoms with Gasteiger partial charge >= 0.3 is 6.03 Å². The van der Waals surface area contributed by atoms with E-state index in [2.05, 4.69) is 20.1 Å². The van der Waals surface area contributed by atoms with Gasteiger partial charge in [-0.1, -0.05) is 0 Å². The van der Waals surface area contributed by atoms with Crippen LogP contribution in [-0.4, -0.2) is 31.7 Å². The lowest BCUT2D eigenvalue weighted by molar-refractivity contribution is 0.186. The van der Waals surface area contributed by atoms with E-state index in [4.69, 9.17) is 4.42 Å². The molecular formula is C16H21N5O2. The molecule has 3 heterocycles. The average Bonchev–Trinajstić information content (AvgIpc) is 2.94. The Morgan fingerprint density at radius 1 is 1.43 bits per heavy atom. The van der Waals surface area contributed by atoms with Gasteiger partial charge in [0.05, 0.1) is 13.1 Å². The van der Waals surface area contributed by atoms with Crippen LogP contribution in [0, 0.1) is 6.92 Å². The number of urea groups is 1. The van der Waals surface area contributed by atoms with Crippen molar-refractivity contribution in [3.8, 4) is 0 Å². The van der Waals surface area contributed by atoms with Crippen molar-refractivity contribution in [3.05, 3.63) is 35.3 Å². The Hall–Kier alpha value is -2.31. The molecule has 2 aromatic heterocycles. The number of carbonyl (C=O) groups is 1. The van der Waals surface area contributed by atoms with Gasteiger partial charge in [-0.2, -0.15) is 0 Å². The van der Waals surface area contributed by atoms with Crippen LogP contribution in [-0.2, 0) is 26.1 Å². The quantitative estimate of drug-likeness (QED) is 0.915. The first-order valence-corrected chi connectivity index (χ1v) is 8.21. The molecule has 0 saturated heterocycles. The fourth-order valence-electron chi connectivity index (χ4n) is 3.09. The van der Waals surface area contributed by atoms with Gasteiger partial charge in [-0.15, -0.1) is 10.2 Å². The normalized spacial score (nSPS) is 16.4. The number of amides is 2. The largest absolute Gasteiger partial charge is 0.464 e. The summed E-state index contributed by atoms with van der Waals surface area (Å²) in [7, 11) is 0. The minimum Gasteiger partial charge on any atom is -0.464 e. The highest BCUT2D eigenvalue weighted by Gasteiger charge is 2.33. The van der Waals surface area contributed by atoms with Crippen LogP contribution in [0.2, 0.25) is 0 Å². The Morgan fingerprint density at radius 2 is 2.30 bits per heavy atom. The molecule has 2 amide bonds. The van der Waals surface area contributed by atoms with E-state index in [9.17, 15) is 4.79 Å². The van der Waals surface area contributed by atoms with Crippen molar-refractivity contribution < 1.29 is 9.21 Å². The summed E-state index contributed by atoms with van der Waals surface area (Å²) in [6.45, 7) is 3.80. The second-order valence-electron chi connectivity index (χ2n) is 6.32. The summed E-state index contributed by atoms with van der Waals surface area (Å²) in [6.07, 6.45) is 4.21. The van der Waals surface area contributed by atoms with Gasteiger partial charge in [0.25, 0.3) is 0 Å². The number of hydrogen-bond donors (Lipinski definition) is 1. The van der Waals surface area contributed by atoms with E-state index in [1.807, 2.05) is 24.0 Å². The molecule has 1 aliphatic heterocycles. The first-order chi connectivity index (χ1) is 11.2. The monoisotopic (exact) mass is 315 g/mol. The zero-order valence-corrected chi connectivity index (χ0v) is 13.3. The number of nitrogens with one attached hydrogen (secondary N) is 1. The van der Waals surface area contributed by atoms with Gasteiger partial charge in [-0.05, 0) is 38.3 Å². The van der Waals surface area contributed by atoms with Crippen LogP contribution in [0.4, 0.5) is 4.79 Å². The number of nitrogens with zero attached hydrogens (tertiary/aromatic N) is 4. The number of aromatic nitrogens is 3. The molecule has 7 nitrogen and oxygen atoms in total. The number of fused-ring (bicyclic) bond motifs is 1. The van der Waals surface area contributed by atoms with Crippen LogP contribution in [0.3, 0.4) is 0 Å². The first kappa shape index (κ1) is 14.3. The van der Waals surface area contributed by atoms with Crippen molar-refractivity contribution in [2.24, 2.45) is 0 Å². The standard InChI is InChI=1S/C16H21N5O2/c1-11-4-7-13(23-11)10-21(12-5-6-12)16(22)17-9-15-19-18-14-3-2-8-20(14)15/h4,7,12H,2-3,5-6,8-10H2,1H3,(H,17,22). The Kier molecular flexibility index (Phi) is 3.55. The van der Waals surface area contributed by atoms with Crippen molar-refractivity contribution in [3.63, 3.8) is 0 Å². The Balaban J connectivity index is 1.39. The van der Waals surface area contributed by atoms with Gasteiger partial charge in [0, 0.05) is 19.0 Å². The van der Waals surface area contributed by atoms with Crippen molar-refractivity contribution in [1.29, 1.82) is 0 Å². The molecule has 4 rings (SSSR count). The average molecular weight is 315 g/mol. The molecule has 2 aromatic rings. The van der Waals surface area contributed by atoms with E-state index in [0.717, 1.165) is 55.4 Å². The highest BCUT2D eigenvalue weighted by atomic mass is 16.3. The number of hydrogen-bond acceptors (Lipinski definition) is 4. The van der Waals surface area contributed by atoms with Crippen LogP contribution in [0.25, 0.3) is 0 Å². The summed E-state index contributed by atoms with van der Waals surface area (Å²) in [5.41, 5.74) is 0. The molecular weight excluding hydrogens is 294 g/mol. The maximum Gasteiger partial charge on any atom is 0.318 e. The molecule has 0 bridgehead atoms. The smallest absolute Gasteiger partial charge is 0.318 e. The van der Waals surface area contributed by atoms with Crippen LogP contribution < -0.4 is 5.32 Å². The third-order valence-electron chi connectivity index (χ3n) is 4.45. The van der Waals surface area contributed by atoms with Gasteiger partial charge in [0.1, 0.15) is 17.3 Å². The number of furan rings is 1. The van der Waals surface area contributed by atoms with Crippen LogP contribution in [0.5, 0.6) is 0 Å². The molecule has 1 aliphatic carbocycles. The van der Waals surface area contributed by atoms with Gasteiger partial charge in [0.2, 0.25) is 0 Å². The van der Waals surface area contributed by atoms with Gasteiger partial charge in [0.15, 0.2) is 5.82 Å². The molecule has 0 aromatic carbocycles. The molecule has 1 fully saturated rings. The van der Waals surface area contributed by atoms with Crippen molar-refractivity contribution in [2.45, 2.75) is 58.3 Å². The zero-order chi connectivity index (χ0) is 15.8. The van der Waals surface area contributed by atoms with E-state index in [-0.39, 0.29) is 6.03 Å². The lowest BCUT2D eigenvalue weighted by Gasteiger charge is -2.21. The zero-order valence-electron chi connectivity index (χ0n) is 13.3. The predicted octanol–water partition coefficient (Wildman–Crippen LogP) is 2.00. The summed E-state index contributed by atoms with van der Waals surface area (Å²) in [6, 6.07) is 4.13. The second-order valence-corrected chi connectivity index (χ2v) is 6.32. The number of carbonyl (C=O) groups excluding carboxylic acids is 1. The molecule has 2 aliphatic rings. The summed E-state index contributed by atoms with van der Waals surface area (Å²) in [4.78, 5) is 14.4. The van der Waals surface area contributed by atoms with E-state index in [0.29, 0.717) is 19.1 Å². The summed E-state index contributed by atoms with van der Waals surface area (Å²) < 4.78 is 7.71. The first-order valence-electron chi connectivity index (χ1n) is 8.21. The fraction of sp³-hybridized carbons (Fsp3) is 0.562. The molecule has 1 saturated carbocycles. The lowest BCUT2D eigenvalue weighted by atomic mass is 10.4. The Labute approximate surface area is 134 Å². The molecule has 1 N–H and O–H groups in total. The maximum atomic E-state index is 12.5. The summed E-state index contributed by atoms with van der Waals surface area (Å²) >= 11 is 0. The minimum atomic E-state index is -0.0584. The highest BCUT2D eigenvalue weighted by Crippen LogP contribution is 2.28. The van der Waals surface area contributed by atoms with Crippen LogP contribution in [0.1, 0.15) is 42.4 Å². The topological polar surface area (TPSA) is 76.2 Å². The third kappa shape index (κ3) is 2.95. The molecule has 0 atom stereocenters. The predicted molar refractivity (Wildman–Crippen MR) is 82.6 cm³/mol. The second kappa shape index (κ2) is 5.72. The minimum absolute atomic E-state index is 0.0584. The third-order valence-corrected chi connectivity index (χ3v) is 4.45. The van der Waals surface area contributed by atoms with Crippen LogP contribution >= 0.6 is 0 Å². The Bertz CT molecular complexity index is 716. The highest BCUT2D eigenvalue weighted by molar-refractivity contribution is 5.74. The van der Waals surface area contributed by atoms with Gasteiger partial charge in [-0.3, -0.25) is 0 Å². The van der Waals surface area contributed by atoms with Crippen molar-refractivity contribution >= 4 is 6.03 Å². The van der Waals surface area contributed by atoms with E-state index >= 15 is 0 Å². The molecule has 0 unspecified atom stereocenters. The molecule has 0 radical (unpaired) electrons. The van der Waals surface area contributed by atoms with Crippen molar-refractivity contribution in [2.75, 3.05) is 0 Å². The Morgan fingerprint density at radius 3 is 3.04 bits per heavy atom. The SMILES string of the molecule is Cc1ccc(CN(C(=O)NCc2nnc3n2CCC3)C2CC2)o1. The summed E-state index contributed by atoms with van der Waals surface area (Å²) in [5.74, 6) is 3.57. The van der Waals surface area contributed by atoms with E-state index < -0.39 is 0 Å². The molecule has 23 heavy (non-hydrogen) atoms. The van der Waals surface area contributed by atoms with E-state index in [1.54, 1.807) is 0 Å².